The third-order valence-electron chi connectivity index (χ3n) is 11.2. The first kappa shape index (κ1) is 41.3. The highest BCUT2D eigenvalue weighted by atomic mass is 28.4. The zero-order valence-electron chi connectivity index (χ0n) is 34.2. The number of anilines is 1. The number of hydrogen-bond acceptors (Lipinski definition) is 10. The highest BCUT2D eigenvalue weighted by Gasteiger charge is 2.47. The minimum absolute atomic E-state index is 0.00494. The Hall–Kier alpha value is -5.91. The van der Waals surface area contributed by atoms with E-state index in [1.165, 1.54) is 0 Å². The van der Waals surface area contributed by atoms with E-state index in [1.807, 2.05) is 41.0 Å². The summed E-state index contributed by atoms with van der Waals surface area (Å²) < 4.78 is 27.5. The molecule has 59 heavy (non-hydrogen) atoms. The Morgan fingerprint density at radius 2 is 1.42 bits per heavy atom. The van der Waals surface area contributed by atoms with Gasteiger partial charge in [0.05, 0.1) is 37.1 Å². The number of nitrogens with one attached hydrogen (secondary N) is 1. The van der Waals surface area contributed by atoms with Crippen LogP contribution in [0.5, 0.6) is 11.6 Å². The van der Waals surface area contributed by atoms with Crippen LogP contribution in [0, 0.1) is 11.3 Å². The number of benzene rings is 4. The first-order valence-corrected chi connectivity index (χ1v) is 22.8. The monoisotopic (exact) mass is 809 g/mol. The lowest BCUT2D eigenvalue weighted by Gasteiger charge is -2.51. The van der Waals surface area contributed by atoms with Crippen molar-refractivity contribution < 1.29 is 23.4 Å². The van der Waals surface area contributed by atoms with Crippen LogP contribution in [0.3, 0.4) is 0 Å². The highest BCUT2D eigenvalue weighted by molar-refractivity contribution is 6.74. The molecular weight excluding hydrogens is 759 g/mol. The van der Waals surface area contributed by atoms with Gasteiger partial charge in [0, 0.05) is 13.1 Å². The fourth-order valence-electron chi connectivity index (χ4n) is 7.22. The number of para-hydroxylation sites is 1. The van der Waals surface area contributed by atoms with E-state index in [0.717, 1.165) is 16.7 Å². The number of aromatic nitrogens is 4. The van der Waals surface area contributed by atoms with Crippen molar-refractivity contribution in [3.63, 3.8) is 0 Å². The van der Waals surface area contributed by atoms with Crippen LogP contribution in [0.25, 0.3) is 11.2 Å². The molecule has 7 rings (SSSR count). The van der Waals surface area contributed by atoms with Crippen molar-refractivity contribution in [2.45, 2.75) is 63.2 Å². The van der Waals surface area contributed by atoms with E-state index >= 15 is 0 Å². The summed E-state index contributed by atoms with van der Waals surface area (Å²) >= 11 is 0. The number of rotatable bonds is 15. The predicted molar refractivity (Wildman–Crippen MR) is 229 cm³/mol. The van der Waals surface area contributed by atoms with Crippen LogP contribution in [-0.4, -0.2) is 77.7 Å². The quantitative estimate of drug-likeness (QED) is 0.0613. The third kappa shape index (κ3) is 9.06. The number of nitriles is 1. The molecule has 0 spiro atoms. The summed E-state index contributed by atoms with van der Waals surface area (Å²) in [6.45, 7) is 12.4. The van der Waals surface area contributed by atoms with Gasteiger partial charge >= 0.3 is 0 Å². The van der Waals surface area contributed by atoms with Gasteiger partial charge in [0.2, 0.25) is 11.8 Å². The minimum atomic E-state index is -2.18. The van der Waals surface area contributed by atoms with Crippen molar-refractivity contribution in [3.8, 4) is 17.7 Å². The molecule has 0 bridgehead atoms. The van der Waals surface area contributed by atoms with Crippen molar-refractivity contribution in [3.05, 3.63) is 144 Å². The molecule has 12 nitrogen and oxygen atoms in total. The summed E-state index contributed by atoms with van der Waals surface area (Å²) in [5.41, 5.74) is 3.35. The van der Waals surface area contributed by atoms with Gasteiger partial charge in [-0.1, -0.05) is 130 Å². The van der Waals surface area contributed by atoms with Crippen molar-refractivity contribution in [2.75, 3.05) is 38.2 Å². The van der Waals surface area contributed by atoms with Crippen molar-refractivity contribution in [2.24, 2.45) is 0 Å². The van der Waals surface area contributed by atoms with Crippen LogP contribution < -0.4 is 14.8 Å². The molecule has 6 aromatic rings. The molecule has 304 valence electrons. The van der Waals surface area contributed by atoms with E-state index in [9.17, 15) is 10.1 Å². The van der Waals surface area contributed by atoms with Crippen molar-refractivity contribution in [1.29, 1.82) is 5.26 Å². The van der Waals surface area contributed by atoms with Crippen LogP contribution in [0.15, 0.2) is 128 Å². The average Bonchev–Trinajstić information content (AvgIpc) is 3.68. The number of hydrogen-bond donors (Lipinski definition) is 1. The molecule has 0 unspecified atom stereocenters. The molecule has 0 aliphatic carbocycles. The molecule has 2 aromatic heterocycles. The number of nitrogens with zero attached hydrogens (tertiary/aromatic N) is 6. The van der Waals surface area contributed by atoms with Gasteiger partial charge in [-0.15, -0.1) is 0 Å². The van der Waals surface area contributed by atoms with Crippen LogP contribution in [0.2, 0.25) is 18.1 Å². The molecule has 1 fully saturated rings. The molecule has 1 amide bonds. The second-order valence-corrected chi connectivity index (χ2v) is 20.9. The van der Waals surface area contributed by atoms with Gasteiger partial charge < -0.3 is 18.6 Å². The van der Waals surface area contributed by atoms with E-state index in [4.69, 9.17) is 28.6 Å². The molecular formula is C46H51N7O5Si. The molecule has 1 saturated heterocycles. The van der Waals surface area contributed by atoms with Gasteiger partial charge in [-0.3, -0.25) is 19.6 Å². The standard InChI is InChI=1S/C46H51N7O5Si/c1-45(2,3)59(4,5)57-31-38-29-52(46(34-19-10-6-11-20-34,35-21-12-7-13-22-35)36-23-14-8-15-24-36)30-40(58-38)53-33-48-41-42(53)50-44(51-43(41)55-28-18-27-47)49-39(54)32-56-37-25-16-9-17-26-37/h6-17,19-26,33,38,40H,18,28-32H2,1-5H3,(H,49,50,51,54)/t38-,40+/m0/s1. The van der Waals surface area contributed by atoms with Crippen LogP contribution in [-0.2, 0) is 19.5 Å². The number of fused-ring (bicyclic) bond motifs is 1. The SMILES string of the molecule is CC(C)(C)[Si](C)(C)OC[C@@H]1CN(C(c2ccccc2)(c2ccccc2)c2ccccc2)C[C@H](n2cnc3c(OCCC#N)nc(NC(=O)COc4ccccc4)nc32)O1. The minimum Gasteiger partial charge on any atom is -0.484 e. The van der Waals surface area contributed by atoms with Gasteiger partial charge in [-0.2, -0.15) is 15.2 Å². The number of amides is 1. The van der Waals surface area contributed by atoms with E-state index in [1.54, 1.807) is 18.5 Å². The Morgan fingerprint density at radius 3 is 1.98 bits per heavy atom. The molecule has 0 radical (unpaired) electrons. The highest BCUT2D eigenvalue weighted by Crippen LogP contribution is 2.45. The second kappa shape index (κ2) is 17.9. The van der Waals surface area contributed by atoms with Gasteiger partial charge in [-0.05, 0) is 47.0 Å². The zero-order valence-corrected chi connectivity index (χ0v) is 35.2. The number of morpholine rings is 1. The van der Waals surface area contributed by atoms with Gasteiger partial charge in [0.15, 0.2) is 26.1 Å². The van der Waals surface area contributed by atoms with Gasteiger partial charge in [0.1, 0.15) is 18.6 Å². The van der Waals surface area contributed by atoms with Gasteiger partial charge in [0.25, 0.3) is 5.91 Å². The molecule has 4 aromatic carbocycles. The number of ether oxygens (including phenoxy) is 3. The molecule has 1 aliphatic heterocycles. The van der Waals surface area contributed by atoms with E-state index in [0.29, 0.717) is 36.6 Å². The predicted octanol–water partition coefficient (Wildman–Crippen LogP) is 8.35. The third-order valence-corrected chi connectivity index (χ3v) is 15.7. The fourth-order valence-corrected chi connectivity index (χ4v) is 8.25. The maximum Gasteiger partial charge on any atom is 0.264 e. The number of imidazole rings is 1. The lowest BCUT2D eigenvalue weighted by atomic mass is 9.75. The second-order valence-electron chi connectivity index (χ2n) is 16.1. The number of carbonyl (C=O) groups excluding carboxylic acids is 1. The lowest BCUT2D eigenvalue weighted by Crippen LogP contribution is -2.58. The topological polar surface area (TPSA) is 137 Å². The first-order chi connectivity index (χ1) is 28.5. The Kier molecular flexibility index (Phi) is 12.5. The largest absolute Gasteiger partial charge is 0.484 e. The molecule has 0 saturated carbocycles. The average molecular weight is 810 g/mol. The van der Waals surface area contributed by atoms with Crippen molar-refractivity contribution >= 4 is 31.3 Å². The lowest BCUT2D eigenvalue weighted by molar-refractivity contribution is -0.146. The van der Waals surface area contributed by atoms with Crippen LogP contribution >= 0.6 is 0 Å². The molecule has 2 atom stereocenters. The summed E-state index contributed by atoms with van der Waals surface area (Å²) in [5, 5.41) is 12.0. The summed E-state index contributed by atoms with van der Waals surface area (Å²) in [7, 11) is -2.18. The smallest absolute Gasteiger partial charge is 0.264 e. The van der Waals surface area contributed by atoms with Crippen molar-refractivity contribution in [1.82, 2.24) is 24.4 Å². The Labute approximate surface area is 346 Å². The van der Waals surface area contributed by atoms with Gasteiger partial charge in [-0.25, -0.2) is 4.98 Å². The molecule has 13 heteroatoms. The maximum absolute atomic E-state index is 13.2. The van der Waals surface area contributed by atoms with E-state index in [-0.39, 0.29) is 42.6 Å². The molecule has 1 aliphatic rings. The number of carbonyl (C=O) groups is 1. The van der Waals surface area contributed by atoms with Crippen LogP contribution in [0.1, 0.15) is 50.1 Å². The Bertz CT molecular complexity index is 2250. The first-order valence-electron chi connectivity index (χ1n) is 19.9. The summed E-state index contributed by atoms with van der Waals surface area (Å²) in [4.78, 5) is 29.8. The Morgan fingerprint density at radius 1 is 0.847 bits per heavy atom. The maximum atomic E-state index is 13.2. The summed E-state index contributed by atoms with van der Waals surface area (Å²) in [6.07, 6.45) is 0.827. The van der Waals surface area contributed by atoms with E-state index < -0.39 is 26.0 Å². The normalized spacial score (nSPS) is 16.3. The summed E-state index contributed by atoms with van der Waals surface area (Å²) in [5.74, 6) is 0.247. The molecule has 3 heterocycles. The van der Waals surface area contributed by atoms with E-state index in [2.05, 4.69) is 128 Å². The zero-order chi connectivity index (χ0) is 41.5. The molecule has 1 N–H and O–H groups in total. The fraction of sp³-hybridized carbons (Fsp3) is 0.326. The summed E-state index contributed by atoms with van der Waals surface area (Å²) in [6, 6.07) is 42.9. The van der Waals surface area contributed by atoms with Crippen LogP contribution in [0.4, 0.5) is 5.95 Å². The Balaban J connectivity index is 1.33.